The minimum Gasteiger partial charge on any atom is -0.465 e. The standard InChI is InChI=1S/C8H14N2O/c1-3-7(10-9)8-5-4-6(2)11-8/h4-5,7,10H,3,9H2,1-2H3. The quantitative estimate of drug-likeness (QED) is 0.512. The molecule has 1 rings (SSSR count). The van der Waals surface area contributed by atoms with E-state index in [9.17, 15) is 0 Å². The van der Waals surface area contributed by atoms with Crippen molar-refractivity contribution in [3.05, 3.63) is 23.7 Å². The van der Waals surface area contributed by atoms with E-state index in [0.717, 1.165) is 17.9 Å². The summed E-state index contributed by atoms with van der Waals surface area (Å²) in [6, 6.07) is 4.03. The van der Waals surface area contributed by atoms with E-state index in [1.54, 1.807) is 0 Å². The van der Waals surface area contributed by atoms with Crippen LogP contribution in [0.4, 0.5) is 0 Å². The van der Waals surface area contributed by atoms with Gasteiger partial charge in [-0.05, 0) is 25.5 Å². The molecule has 0 amide bonds. The Balaban J connectivity index is 2.73. The number of hydrogen-bond donors (Lipinski definition) is 2. The predicted octanol–water partition coefficient (Wildman–Crippen LogP) is 1.50. The van der Waals surface area contributed by atoms with Crippen LogP contribution in [0.25, 0.3) is 0 Å². The van der Waals surface area contributed by atoms with Gasteiger partial charge in [-0.1, -0.05) is 6.92 Å². The Bertz CT molecular complexity index is 216. The third-order valence-corrected chi connectivity index (χ3v) is 1.71. The average molecular weight is 154 g/mol. The molecule has 0 radical (unpaired) electrons. The van der Waals surface area contributed by atoms with Crippen molar-refractivity contribution < 1.29 is 4.42 Å². The van der Waals surface area contributed by atoms with E-state index >= 15 is 0 Å². The van der Waals surface area contributed by atoms with Gasteiger partial charge in [-0.3, -0.25) is 5.84 Å². The number of hydrogen-bond acceptors (Lipinski definition) is 3. The summed E-state index contributed by atoms with van der Waals surface area (Å²) in [5, 5.41) is 0. The Labute approximate surface area is 66.5 Å². The highest BCUT2D eigenvalue weighted by atomic mass is 16.3. The van der Waals surface area contributed by atoms with Gasteiger partial charge in [0.1, 0.15) is 11.5 Å². The summed E-state index contributed by atoms with van der Waals surface area (Å²) >= 11 is 0. The number of hydrazine groups is 1. The van der Waals surface area contributed by atoms with Gasteiger partial charge in [0.05, 0.1) is 6.04 Å². The first-order valence-corrected chi connectivity index (χ1v) is 3.80. The minimum absolute atomic E-state index is 0.142. The van der Waals surface area contributed by atoms with E-state index in [0.29, 0.717) is 0 Å². The summed E-state index contributed by atoms with van der Waals surface area (Å²) in [5.41, 5.74) is 2.69. The van der Waals surface area contributed by atoms with Gasteiger partial charge in [-0.25, -0.2) is 5.43 Å². The van der Waals surface area contributed by atoms with Crippen LogP contribution in [0, 0.1) is 6.92 Å². The van der Waals surface area contributed by atoms with Gasteiger partial charge in [0.25, 0.3) is 0 Å². The highest BCUT2D eigenvalue weighted by Gasteiger charge is 2.09. The molecular weight excluding hydrogens is 140 g/mol. The lowest BCUT2D eigenvalue weighted by molar-refractivity contribution is 0.398. The van der Waals surface area contributed by atoms with E-state index in [1.807, 2.05) is 19.1 Å². The molecule has 0 aliphatic rings. The van der Waals surface area contributed by atoms with Crippen LogP contribution in [0.5, 0.6) is 0 Å². The van der Waals surface area contributed by atoms with Crippen molar-refractivity contribution in [2.24, 2.45) is 5.84 Å². The van der Waals surface area contributed by atoms with Gasteiger partial charge in [0, 0.05) is 0 Å². The van der Waals surface area contributed by atoms with Crippen LogP contribution in [-0.2, 0) is 0 Å². The monoisotopic (exact) mass is 154 g/mol. The average Bonchev–Trinajstić information content (AvgIpc) is 2.39. The molecule has 1 heterocycles. The van der Waals surface area contributed by atoms with E-state index in [1.165, 1.54) is 0 Å². The SMILES string of the molecule is CCC(NN)c1ccc(C)o1. The molecule has 0 aromatic carbocycles. The molecule has 1 atom stereocenters. The molecule has 0 aliphatic heterocycles. The Morgan fingerprint density at radius 3 is 2.73 bits per heavy atom. The van der Waals surface area contributed by atoms with Gasteiger partial charge in [-0.2, -0.15) is 0 Å². The Hall–Kier alpha value is -0.800. The molecule has 0 saturated carbocycles. The normalized spacial score (nSPS) is 13.4. The minimum atomic E-state index is 0.142. The fraction of sp³-hybridized carbons (Fsp3) is 0.500. The fourth-order valence-corrected chi connectivity index (χ4v) is 1.04. The van der Waals surface area contributed by atoms with Crippen LogP contribution in [0.1, 0.15) is 30.9 Å². The van der Waals surface area contributed by atoms with Crippen LogP contribution in [-0.4, -0.2) is 0 Å². The summed E-state index contributed by atoms with van der Waals surface area (Å²) in [7, 11) is 0. The van der Waals surface area contributed by atoms with Crippen molar-refractivity contribution in [1.82, 2.24) is 5.43 Å². The topological polar surface area (TPSA) is 51.2 Å². The summed E-state index contributed by atoms with van der Waals surface area (Å²) < 4.78 is 5.38. The maximum absolute atomic E-state index is 5.38. The van der Waals surface area contributed by atoms with E-state index in [-0.39, 0.29) is 6.04 Å². The van der Waals surface area contributed by atoms with Gasteiger partial charge >= 0.3 is 0 Å². The molecule has 0 spiro atoms. The predicted molar refractivity (Wildman–Crippen MR) is 43.8 cm³/mol. The molecule has 3 N–H and O–H groups in total. The Kier molecular flexibility index (Phi) is 2.68. The van der Waals surface area contributed by atoms with Gasteiger partial charge in [0.15, 0.2) is 0 Å². The zero-order valence-electron chi connectivity index (χ0n) is 6.92. The first kappa shape index (κ1) is 8.30. The van der Waals surface area contributed by atoms with Crippen LogP contribution >= 0.6 is 0 Å². The summed E-state index contributed by atoms with van der Waals surface area (Å²) in [6.45, 7) is 3.98. The Morgan fingerprint density at radius 2 is 2.36 bits per heavy atom. The second-order valence-corrected chi connectivity index (χ2v) is 2.58. The first-order chi connectivity index (χ1) is 5.27. The molecule has 0 aliphatic carbocycles. The molecule has 1 unspecified atom stereocenters. The van der Waals surface area contributed by atoms with E-state index in [4.69, 9.17) is 10.3 Å². The van der Waals surface area contributed by atoms with E-state index in [2.05, 4.69) is 12.3 Å². The number of nitrogens with two attached hydrogens (primary N) is 1. The van der Waals surface area contributed by atoms with Crippen molar-refractivity contribution in [2.45, 2.75) is 26.3 Å². The molecule has 1 aromatic heterocycles. The van der Waals surface area contributed by atoms with Crippen LogP contribution < -0.4 is 11.3 Å². The molecule has 0 fully saturated rings. The molecule has 0 saturated heterocycles. The lowest BCUT2D eigenvalue weighted by Crippen LogP contribution is -2.26. The second-order valence-electron chi connectivity index (χ2n) is 2.58. The first-order valence-electron chi connectivity index (χ1n) is 3.80. The smallest absolute Gasteiger partial charge is 0.122 e. The molecule has 1 aromatic rings. The van der Waals surface area contributed by atoms with Crippen molar-refractivity contribution in [1.29, 1.82) is 0 Å². The number of aryl methyl sites for hydroxylation is 1. The molecule has 0 bridgehead atoms. The third kappa shape index (κ3) is 1.82. The highest BCUT2D eigenvalue weighted by Crippen LogP contribution is 2.17. The van der Waals surface area contributed by atoms with Gasteiger partial charge < -0.3 is 4.42 Å². The summed E-state index contributed by atoms with van der Waals surface area (Å²) in [6.07, 6.45) is 0.934. The molecule has 62 valence electrons. The largest absolute Gasteiger partial charge is 0.465 e. The van der Waals surface area contributed by atoms with Crippen molar-refractivity contribution >= 4 is 0 Å². The maximum Gasteiger partial charge on any atom is 0.122 e. The van der Waals surface area contributed by atoms with E-state index < -0.39 is 0 Å². The van der Waals surface area contributed by atoms with Gasteiger partial charge in [-0.15, -0.1) is 0 Å². The van der Waals surface area contributed by atoms with Crippen molar-refractivity contribution in [3.8, 4) is 0 Å². The molecule has 3 nitrogen and oxygen atoms in total. The number of nitrogens with one attached hydrogen (secondary N) is 1. The number of furan rings is 1. The maximum atomic E-state index is 5.38. The highest BCUT2D eigenvalue weighted by molar-refractivity contribution is 5.09. The lowest BCUT2D eigenvalue weighted by Gasteiger charge is -2.09. The second kappa shape index (κ2) is 3.55. The van der Waals surface area contributed by atoms with Gasteiger partial charge in [0.2, 0.25) is 0 Å². The lowest BCUT2D eigenvalue weighted by atomic mass is 10.2. The third-order valence-electron chi connectivity index (χ3n) is 1.71. The molecular formula is C8H14N2O. The fourth-order valence-electron chi connectivity index (χ4n) is 1.04. The molecule has 3 heteroatoms. The van der Waals surface area contributed by atoms with Crippen LogP contribution in [0.3, 0.4) is 0 Å². The van der Waals surface area contributed by atoms with Crippen LogP contribution in [0.2, 0.25) is 0 Å². The zero-order chi connectivity index (χ0) is 8.27. The van der Waals surface area contributed by atoms with Crippen molar-refractivity contribution in [2.75, 3.05) is 0 Å². The Morgan fingerprint density at radius 1 is 1.64 bits per heavy atom. The van der Waals surface area contributed by atoms with Crippen molar-refractivity contribution in [3.63, 3.8) is 0 Å². The number of rotatable bonds is 3. The zero-order valence-corrected chi connectivity index (χ0v) is 6.92. The summed E-state index contributed by atoms with van der Waals surface area (Å²) in [5.74, 6) is 7.15. The van der Waals surface area contributed by atoms with Crippen LogP contribution in [0.15, 0.2) is 16.5 Å². The molecule has 11 heavy (non-hydrogen) atoms. The summed E-state index contributed by atoms with van der Waals surface area (Å²) in [4.78, 5) is 0.